The number of aryl methyl sites for hydroxylation is 1. The van der Waals surface area contributed by atoms with Gasteiger partial charge in [-0.05, 0) is 30.8 Å². The van der Waals surface area contributed by atoms with Crippen molar-refractivity contribution < 1.29 is 9.59 Å². The number of para-hydroxylation sites is 1. The van der Waals surface area contributed by atoms with Gasteiger partial charge < -0.3 is 14.7 Å². The fourth-order valence-corrected chi connectivity index (χ4v) is 4.21. The summed E-state index contributed by atoms with van der Waals surface area (Å²) in [6, 6.07) is 17.7. The van der Waals surface area contributed by atoms with Crippen LogP contribution in [0.4, 0.5) is 0 Å². The van der Waals surface area contributed by atoms with Gasteiger partial charge >= 0.3 is 5.84 Å². The third kappa shape index (κ3) is 5.40. The van der Waals surface area contributed by atoms with E-state index in [0.29, 0.717) is 12.0 Å². The van der Waals surface area contributed by atoms with Crippen LogP contribution < -0.4 is 15.6 Å². The normalized spacial score (nSPS) is 13.9. The number of aliphatic imine (C=N–C) groups is 1. The van der Waals surface area contributed by atoms with Gasteiger partial charge in [-0.15, -0.1) is 0 Å². The SMILES string of the molecule is CC(=O)CCCCC[C@H](NC(=O)c1cn(C)c2ccccc12)C1=[N+]C=C(c2ccccc2)N1. The molecule has 1 atom stereocenters. The van der Waals surface area contributed by atoms with Crippen molar-refractivity contribution in [3.63, 3.8) is 0 Å². The number of benzene rings is 2. The Morgan fingerprint density at radius 1 is 1.03 bits per heavy atom. The van der Waals surface area contributed by atoms with E-state index in [1.54, 1.807) is 6.92 Å². The maximum atomic E-state index is 13.3. The number of nitrogens with one attached hydrogen (secondary N) is 2. The highest BCUT2D eigenvalue weighted by Gasteiger charge is 2.31. The van der Waals surface area contributed by atoms with Crippen molar-refractivity contribution in [1.82, 2.24) is 20.2 Å². The molecule has 2 aromatic carbocycles. The van der Waals surface area contributed by atoms with Gasteiger partial charge in [0.25, 0.3) is 5.91 Å². The van der Waals surface area contributed by atoms with Crippen molar-refractivity contribution in [2.45, 2.75) is 45.1 Å². The minimum absolute atomic E-state index is 0.113. The number of carbonyl (C=O) groups excluding carboxylic acids is 2. The highest BCUT2D eigenvalue weighted by Crippen LogP contribution is 2.21. The average Bonchev–Trinajstić information content (AvgIpc) is 3.44. The highest BCUT2D eigenvalue weighted by atomic mass is 16.1. The van der Waals surface area contributed by atoms with E-state index in [0.717, 1.165) is 53.7 Å². The molecule has 0 saturated heterocycles. The quantitative estimate of drug-likeness (QED) is 0.463. The van der Waals surface area contributed by atoms with E-state index in [9.17, 15) is 9.59 Å². The van der Waals surface area contributed by atoms with Crippen LogP contribution in [0.3, 0.4) is 0 Å². The lowest BCUT2D eigenvalue weighted by molar-refractivity contribution is -0.117. The van der Waals surface area contributed by atoms with Gasteiger partial charge in [-0.3, -0.25) is 4.79 Å². The molecule has 1 aromatic heterocycles. The number of unbranched alkanes of at least 4 members (excludes halogenated alkanes) is 2. The summed E-state index contributed by atoms with van der Waals surface area (Å²) in [5, 5.41) is 7.54. The zero-order valence-electron chi connectivity index (χ0n) is 19.2. The molecule has 6 nitrogen and oxygen atoms in total. The smallest absolute Gasteiger partial charge is 0.319 e. The molecule has 1 aliphatic heterocycles. The number of hydrogen-bond acceptors (Lipinski definition) is 4. The largest absolute Gasteiger partial charge is 0.350 e. The summed E-state index contributed by atoms with van der Waals surface area (Å²) < 4.78 is 1.97. The van der Waals surface area contributed by atoms with Crippen LogP contribution in [0.25, 0.3) is 16.6 Å². The Hall–Kier alpha value is -3.67. The molecule has 1 radical (unpaired) electrons. The van der Waals surface area contributed by atoms with E-state index >= 15 is 0 Å². The number of aromatic nitrogens is 1. The second-order valence-corrected chi connectivity index (χ2v) is 8.55. The van der Waals surface area contributed by atoms with Crippen molar-refractivity contribution in [3.8, 4) is 0 Å². The molecule has 0 unspecified atom stereocenters. The van der Waals surface area contributed by atoms with Crippen molar-refractivity contribution in [2.75, 3.05) is 0 Å². The van der Waals surface area contributed by atoms with Gasteiger partial charge in [0.1, 0.15) is 11.8 Å². The number of carbonyl (C=O) groups is 2. The predicted octanol–water partition coefficient (Wildman–Crippen LogP) is 4.15. The van der Waals surface area contributed by atoms with Gasteiger partial charge in [0.2, 0.25) is 0 Å². The Morgan fingerprint density at radius 2 is 1.79 bits per heavy atom. The molecule has 169 valence electrons. The minimum atomic E-state index is -0.244. The number of amidine groups is 1. The Morgan fingerprint density at radius 3 is 2.58 bits per heavy atom. The lowest BCUT2D eigenvalue weighted by Gasteiger charge is -2.15. The fourth-order valence-electron chi connectivity index (χ4n) is 4.21. The van der Waals surface area contributed by atoms with Crippen molar-refractivity contribution in [1.29, 1.82) is 0 Å². The molecule has 3 aromatic rings. The van der Waals surface area contributed by atoms with Crippen LogP contribution in [0.2, 0.25) is 0 Å². The molecule has 4 rings (SSSR count). The van der Waals surface area contributed by atoms with Crippen LogP contribution in [-0.4, -0.2) is 28.1 Å². The number of amides is 1. The number of Topliss-reactive ketones (excluding diaryl/α,β-unsaturated/α-hetero) is 1. The monoisotopic (exact) mass is 442 g/mol. The van der Waals surface area contributed by atoms with Crippen LogP contribution in [0, 0.1) is 0 Å². The molecule has 0 fully saturated rings. The van der Waals surface area contributed by atoms with Gasteiger partial charge in [-0.25, -0.2) is 5.32 Å². The van der Waals surface area contributed by atoms with Gasteiger partial charge in [-0.1, -0.05) is 61.4 Å². The van der Waals surface area contributed by atoms with Crippen molar-refractivity contribution in [3.05, 3.63) is 78.1 Å². The second-order valence-electron chi connectivity index (χ2n) is 8.55. The topological polar surface area (TPSA) is 77.2 Å². The summed E-state index contributed by atoms with van der Waals surface area (Å²) in [4.78, 5) is 29.1. The molecule has 0 aliphatic carbocycles. The van der Waals surface area contributed by atoms with E-state index in [2.05, 4.69) is 15.6 Å². The molecular formula is C27H30N4O2+. The minimum Gasteiger partial charge on any atom is -0.350 e. The first-order valence-corrected chi connectivity index (χ1v) is 11.5. The molecule has 33 heavy (non-hydrogen) atoms. The van der Waals surface area contributed by atoms with E-state index in [4.69, 9.17) is 0 Å². The molecule has 1 aliphatic rings. The van der Waals surface area contributed by atoms with Crippen LogP contribution in [0.1, 0.15) is 54.9 Å². The molecule has 0 bridgehead atoms. The summed E-state index contributed by atoms with van der Waals surface area (Å²) in [7, 11) is 1.95. The zero-order chi connectivity index (χ0) is 23.2. The van der Waals surface area contributed by atoms with E-state index in [-0.39, 0.29) is 17.7 Å². The number of hydrogen-bond donors (Lipinski definition) is 2. The molecule has 0 spiro atoms. The first kappa shape index (κ1) is 22.5. The maximum Gasteiger partial charge on any atom is 0.319 e. The lowest BCUT2D eigenvalue weighted by atomic mass is 10.0. The lowest BCUT2D eigenvalue weighted by Crippen LogP contribution is -2.46. The fraction of sp³-hybridized carbons (Fsp3) is 0.296. The van der Waals surface area contributed by atoms with Crippen LogP contribution in [0.15, 0.2) is 67.0 Å². The molecule has 0 saturated carbocycles. The van der Waals surface area contributed by atoms with E-state index < -0.39 is 0 Å². The first-order chi connectivity index (χ1) is 16.0. The van der Waals surface area contributed by atoms with E-state index in [1.165, 1.54) is 0 Å². The number of fused-ring (bicyclic) bond motifs is 1. The number of ketones is 1. The van der Waals surface area contributed by atoms with Gasteiger partial charge in [0.05, 0.1) is 5.56 Å². The Kier molecular flexibility index (Phi) is 7.03. The van der Waals surface area contributed by atoms with Crippen LogP contribution in [-0.2, 0) is 11.8 Å². The summed E-state index contributed by atoms with van der Waals surface area (Å²) in [6.07, 6.45) is 7.75. The van der Waals surface area contributed by atoms with E-state index in [1.807, 2.05) is 78.6 Å². The Labute approximate surface area is 194 Å². The van der Waals surface area contributed by atoms with Gasteiger partial charge in [-0.2, -0.15) is 0 Å². The maximum absolute atomic E-state index is 13.3. The van der Waals surface area contributed by atoms with Crippen molar-refractivity contribution >= 4 is 34.1 Å². The zero-order valence-corrected chi connectivity index (χ0v) is 19.2. The third-order valence-electron chi connectivity index (χ3n) is 5.98. The summed E-state index contributed by atoms with van der Waals surface area (Å²) in [5.74, 6) is 0.849. The molecule has 2 heterocycles. The highest BCUT2D eigenvalue weighted by molar-refractivity contribution is 6.09. The number of nitrogens with zero attached hydrogens (tertiary/aromatic N) is 2. The average molecular weight is 443 g/mol. The summed E-state index contributed by atoms with van der Waals surface area (Å²) >= 11 is 0. The van der Waals surface area contributed by atoms with Crippen LogP contribution in [0.5, 0.6) is 0 Å². The van der Waals surface area contributed by atoms with Crippen LogP contribution >= 0.6 is 0 Å². The third-order valence-corrected chi connectivity index (χ3v) is 5.98. The predicted molar refractivity (Wildman–Crippen MR) is 133 cm³/mol. The first-order valence-electron chi connectivity index (χ1n) is 11.5. The molecule has 1 amide bonds. The molecular weight excluding hydrogens is 412 g/mol. The summed E-state index contributed by atoms with van der Waals surface area (Å²) in [6.45, 7) is 1.63. The van der Waals surface area contributed by atoms with Gasteiger partial charge in [0, 0.05) is 36.1 Å². The van der Waals surface area contributed by atoms with Crippen molar-refractivity contribution in [2.24, 2.45) is 7.05 Å². The van der Waals surface area contributed by atoms with Gasteiger partial charge in [0.15, 0.2) is 11.9 Å². The molecule has 2 N–H and O–H groups in total. The standard InChI is InChI=1S/C27H30N4O2/c1-19(32)11-5-3-8-15-23(26-28-17-24(29-26)20-12-6-4-7-13-20)30-27(33)22-18-31(2)25-16-10-9-14-21(22)25/h4,6-7,9-10,12-14,16-18,23,29H,3,5,8,11,15H2,1-2H3,(H,30,33)/q+1/t23-/m0/s1. The Bertz CT molecular complexity index is 1210. The summed E-state index contributed by atoms with van der Waals surface area (Å²) in [5.41, 5.74) is 3.65. The molecule has 6 heteroatoms. The Balaban J connectivity index is 1.48. The second kappa shape index (κ2) is 10.3. The number of rotatable bonds is 10.